The van der Waals surface area contributed by atoms with Gasteiger partial charge in [-0.2, -0.15) is 11.3 Å². The monoisotopic (exact) mass is 308 g/mol. The van der Waals surface area contributed by atoms with Gasteiger partial charge in [0.15, 0.2) is 5.96 Å². The molecule has 2 aromatic rings. The van der Waals surface area contributed by atoms with E-state index in [1.165, 1.54) is 6.26 Å². The van der Waals surface area contributed by atoms with Crippen LogP contribution in [0.15, 0.2) is 38.7 Å². The van der Waals surface area contributed by atoms with E-state index >= 15 is 0 Å². The SMILES string of the molecule is CCNC(=NCc1ccon1)NCC(C)(O)c1ccsc1. The smallest absolute Gasteiger partial charge is 0.191 e. The molecule has 0 radical (unpaired) electrons. The lowest BCUT2D eigenvalue weighted by Crippen LogP contribution is -2.44. The lowest BCUT2D eigenvalue weighted by molar-refractivity contribution is 0.0621. The Labute approximate surface area is 127 Å². The fraction of sp³-hybridized carbons (Fsp3) is 0.429. The minimum absolute atomic E-state index is 0.369. The standard InChI is InChI=1S/C14H20N4O2S/c1-3-15-13(16-8-12-4-6-20-18-12)17-10-14(2,19)11-5-7-21-9-11/h4-7,9,19H,3,8,10H2,1-2H3,(H2,15,16,17). The van der Waals surface area contributed by atoms with Gasteiger partial charge in [0.2, 0.25) is 0 Å². The highest BCUT2D eigenvalue weighted by Crippen LogP contribution is 2.21. The molecule has 114 valence electrons. The number of thiophene rings is 1. The van der Waals surface area contributed by atoms with E-state index in [-0.39, 0.29) is 0 Å². The summed E-state index contributed by atoms with van der Waals surface area (Å²) in [5.74, 6) is 0.635. The number of hydrogen-bond acceptors (Lipinski definition) is 5. The number of nitrogens with zero attached hydrogens (tertiary/aromatic N) is 2. The topological polar surface area (TPSA) is 82.7 Å². The predicted molar refractivity (Wildman–Crippen MR) is 83.2 cm³/mol. The van der Waals surface area contributed by atoms with Gasteiger partial charge < -0.3 is 20.3 Å². The minimum Gasteiger partial charge on any atom is -0.384 e. The van der Waals surface area contributed by atoms with Gasteiger partial charge in [-0.15, -0.1) is 0 Å². The molecule has 0 aromatic carbocycles. The van der Waals surface area contributed by atoms with E-state index in [0.29, 0.717) is 19.0 Å². The van der Waals surface area contributed by atoms with E-state index < -0.39 is 5.60 Å². The Kier molecular flexibility index (Phi) is 5.35. The second kappa shape index (κ2) is 7.24. The van der Waals surface area contributed by atoms with Crippen molar-refractivity contribution in [3.63, 3.8) is 0 Å². The summed E-state index contributed by atoms with van der Waals surface area (Å²) >= 11 is 1.57. The molecular weight excluding hydrogens is 288 g/mol. The van der Waals surface area contributed by atoms with Crippen molar-refractivity contribution in [2.45, 2.75) is 26.0 Å². The Balaban J connectivity index is 1.95. The molecule has 21 heavy (non-hydrogen) atoms. The summed E-state index contributed by atoms with van der Waals surface area (Å²) in [5, 5.41) is 24.5. The number of aromatic nitrogens is 1. The van der Waals surface area contributed by atoms with E-state index in [0.717, 1.165) is 17.8 Å². The van der Waals surface area contributed by atoms with Crippen molar-refractivity contribution in [3.8, 4) is 0 Å². The third-order valence-corrected chi connectivity index (χ3v) is 3.66. The van der Waals surface area contributed by atoms with Gasteiger partial charge in [-0.3, -0.25) is 0 Å². The van der Waals surface area contributed by atoms with Gasteiger partial charge in [-0.05, 0) is 36.2 Å². The summed E-state index contributed by atoms with van der Waals surface area (Å²) in [4.78, 5) is 4.40. The van der Waals surface area contributed by atoms with Crippen molar-refractivity contribution in [2.24, 2.45) is 4.99 Å². The summed E-state index contributed by atoms with van der Waals surface area (Å²) in [6.07, 6.45) is 1.52. The van der Waals surface area contributed by atoms with Crippen molar-refractivity contribution in [1.82, 2.24) is 15.8 Å². The molecule has 2 aromatic heterocycles. The molecule has 6 nitrogen and oxygen atoms in total. The highest BCUT2D eigenvalue weighted by atomic mass is 32.1. The summed E-state index contributed by atoms with van der Waals surface area (Å²) in [6.45, 7) is 5.31. The van der Waals surface area contributed by atoms with Crippen molar-refractivity contribution in [3.05, 3.63) is 40.4 Å². The van der Waals surface area contributed by atoms with E-state index in [9.17, 15) is 5.11 Å². The van der Waals surface area contributed by atoms with Crippen molar-refractivity contribution < 1.29 is 9.63 Å². The normalized spacial score (nSPS) is 14.7. The number of aliphatic hydroxyl groups is 1. The molecule has 1 atom stereocenters. The van der Waals surface area contributed by atoms with Crippen LogP contribution >= 0.6 is 11.3 Å². The van der Waals surface area contributed by atoms with Gasteiger partial charge in [0.1, 0.15) is 17.6 Å². The molecule has 0 bridgehead atoms. The predicted octanol–water partition coefficient (Wildman–Crippen LogP) is 1.70. The summed E-state index contributed by atoms with van der Waals surface area (Å²) < 4.78 is 4.77. The molecule has 3 N–H and O–H groups in total. The number of nitrogens with one attached hydrogen (secondary N) is 2. The highest BCUT2D eigenvalue weighted by molar-refractivity contribution is 7.08. The number of guanidine groups is 1. The van der Waals surface area contributed by atoms with E-state index in [1.807, 2.05) is 23.8 Å². The van der Waals surface area contributed by atoms with E-state index in [4.69, 9.17) is 4.52 Å². The lowest BCUT2D eigenvalue weighted by Gasteiger charge is -2.24. The van der Waals surface area contributed by atoms with Crippen LogP contribution in [0, 0.1) is 0 Å². The van der Waals surface area contributed by atoms with Crippen LogP contribution in [0.1, 0.15) is 25.1 Å². The molecule has 1 unspecified atom stereocenters. The molecule has 0 saturated heterocycles. The van der Waals surface area contributed by atoms with Crippen LogP contribution in [0.3, 0.4) is 0 Å². The van der Waals surface area contributed by atoms with Gasteiger partial charge in [0.25, 0.3) is 0 Å². The summed E-state index contributed by atoms with van der Waals surface area (Å²) in [6, 6.07) is 3.69. The number of aliphatic imine (C=N–C) groups is 1. The maximum absolute atomic E-state index is 10.5. The molecule has 0 saturated carbocycles. The Morgan fingerprint density at radius 1 is 1.48 bits per heavy atom. The molecule has 0 aliphatic heterocycles. The molecule has 2 heterocycles. The summed E-state index contributed by atoms with van der Waals surface area (Å²) in [7, 11) is 0. The Hall–Kier alpha value is -1.86. The van der Waals surface area contributed by atoms with Gasteiger partial charge >= 0.3 is 0 Å². The van der Waals surface area contributed by atoms with Gasteiger partial charge in [-0.25, -0.2) is 4.99 Å². The van der Waals surface area contributed by atoms with Crippen LogP contribution in [-0.4, -0.2) is 29.3 Å². The quantitative estimate of drug-likeness (QED) is 0.559. The maximum atomic E-state index is 10.5. The van der Waals surface area contributed by atoms with Crippen LogP contribution in [0.4, 0.5) is 0 Å². The van der Waals surface area contributed by atoms with Crippen molar-refractivity contribution in [1.29, 1.82) is 0 Å². The van der Waals surface area contributed by atoms with Gasteiger partial charge in [0, 0.05) is 12.6 Å². The van der Waals surface area contributed by atoms with Crippen LogP contribution in [0.2, 0.25) is 0 Å². The van der Waals surface area contributed by atoms with Crippen LogP contribution in [-0.2, 0) is 12.1 Å². The van der Waals surface area contributed by atoms with Crippen LogP contribution in [0.25, 0.3) is 0 Å². The molecule has 0 aliphatic carbocycles. The molecule has 0 fully saturated rings. The van der Waals surface area contributed by atoms with E-state index in [1.54, 1.807) is 24.3 Å². The Bertz CT molecular complexity index is 550. The third-order valence-electron chi connectivity index (χ3n) is 2.98. The zero-order valence-electron chi connectivity index (χ0n) is 12.2. The number of hydrogen-bond donors (Lipinski definition) is 3. The highest BCUT2D eigenvalue weighted by Gasteiger charge is 2.23. The third kappa shape index (κ3) is 4.57. The molecule has 0 amide bonds. The average molecular weight is 308 g/mol. The van der Waals surface area contributed by atoms with Crippen LogP contribution < -0.4 is 10.6 Å². The van der Waals surface area contributed by atoms with Crippen molar-refractivity contribution >= 4 is 17.3 Å². The Morgan fingerprint density at radius 3 is 2.95 bits per heavy atom. The van der Waals surface area contributed by atoms with Crippen molar-refractivity contribution in [2.75, 3.05) is 13.1 Å². The zero-order chi connectivity index (χ0) is 15.1. The lowest BCUT2D eigenvalue weighted by atomic mass is 9.99. The molecule has 7 heteroatoms. The van der Waals surface area contributed by atoms with Gasteiger partial charge in [0.05, 0.1) is 13.1 Å². The first-order valence-electron chi connectivity index (χ1n) is 6.78. The Morgan fingerprint density at radius 2 is 2.33 bits per heavy atom. The summed E-state index contributed by atoms with van der Waals surface area (Å²) in [5.41, 5.74) is 0.716. The second-order valence-electron chi connectivity index (χ2n) is 4.83. The average Bonchev–Trinajstić information content (AvgIpc) is 3.14. The van der Waals surface area contributed by atoms with E-state index in [2.05, 4.69) is 20.8 Å². The van der Waals surface area contributed by atoms with Gasteiger partial charge in [-0.1, -0.05) is 5.16 Å². The largest absolute Gasteiger partial charge is 0.384 e. The maximum Gasteiger partial charge on any atom is 0.191 e. The first kappa shape index (κ1) is 15.5. The van der Waals surface area contributed by atoms with Crippen LogP contribution in [0.5, 0.6) is 0 Å². The zero-order valence-corrected chi connectivity index (χ0v) is 13.0. The first-order valence-corrected chi connectivity index (χ1v) is 7.72. The fourth-order valence-electron chi connectivity index (χ4n) is 1.75. The minimum atomic E-state index is -0.940. The molecule has 0 spiro atoms. The second-order valence-corrected chi connectivity index (χ2v) is 5.61. The number of rotatable bonds is 6. The fourth-order valence-corrected chi connectivity index (χ4v) is 2.53. The molecular formula is C14H20N4O2S. The molecule has 0 aliphatic rings. The first-order chi connectivity index (χ1) is 10.1. The molecule has 2 rings (SSSR count).